The molecule has 60 valence electrons. The Morgan fingerprint density at radius 1 is 1.58 bits per heavy atom. The van der Waals surface area contributed by atoms with Crippen molar-refractivity contribution in [3.8, 4) is 0 Å². The molecular weight excluding hydrogens is 150 g/mol. The molecule has 0 saturated carbocycles. The van der Waals surface area contributed by atoms with E-state index in [1.807, 2.05) is 24.3 Å². The van der Waals surface area contributed by atoms with E-state index in [0.29, 0.717) is 5.92 Å². The minimum atomic E-state index is 0.320. The molecule has 1 unspecified atom stereocenters. The third-order valence-corrected chi connectivity index (χ3v) is 2.11. The first-order chi connectivity index (χ1) is 5.90. The highest BCUT2D eigenvalue weighted by molar-refractivity contribution is 6.01. The Morgan fingerprint density at radius 3 is 3.33 bits per heavy atom. The third-order valence-electron chi connectivity index (χ3n) is 2.11. The van der Waals surface area contributed by atoms with Crippen molar-refractivity contribution in [1.82, 2.24) is 0 Å². The van der Waals surface area contributed by atoms with Gasteiger partial charge in [-0.2, -0.15) is 0 Å². The molecule has 0 N–H and O–H groups in total. The van der Waals surface area contributed by atoms with Gasteiger partial charge in [0.25, 0.3) is 0 Å². The Kier molecular flexibility index (Phi) is 1.74. The highest BCUT2D eigenvalue weighted by Gasteiger charge is 2.17. The summed E-state index contributed by atoms with van der Waals surface area (Å²) in [7, 11) is 0. The molecule has 2 rings (SSSR count). The van der Waals surface area contributed by atoms with Crippen molar-refractivity contribution in [2.24, 2.45) is 10.9 Å². The maximum Gasteiger partial charge on any atom is 0.146 e. The molecule has 0 aromatic heterocycles. The second-order valence-corrected chi connectivity index (χ2v) is 2.92. The molecule has 0 aromatic rings. The largest absolute Gasteiger partial charge is 0.298 e. The van der Waals surface area contributed by atoms with E-state index in [1.54, 1.807) is 6.20 Å². The van der Waals surface area contributed by atoms with Gasteiger partial charge in [0.15, 0.2) is 0 Å². The molecule has 2 nitrogen and oxygen atoms in total. The highest BCUT2D eigenvalue weighted by Crippen LogP contribution is 2.21. The van der Waals surface area contributed by atoms with E-state index in [0.717, 1.165) is 24.0 Å². The molecule has 2 heteroatoms. The van der Waals surface area contributed by atoms with Gasteiger partial charge in [0.05, 0.1) is 0 Å². The predicted molar refractivity (Wildman–Crippen MR) is 48.0 cm³/mol. The van der Waals surface area contributed by atoms with Crippen LogP contribution in [0.5, 0.6) is 0 Å². The number of allylic oxidation sites excluding steroid dienone is 5. The Bertz CT molecular complexity index is 321. The molecular formula is C10H9NO. The SMILES string of the molecule is O=CC1=CC=CC2=NC=CC2C1. The Labute approximate surface area is 71.0 Å². The smallest absolute Gasteiger partial charge is 0.146 e. The van der Waals surface area contributed by atoms with Gasteiger partial charge < -0.3 is 0 Å². The molecule has 0 saturated heterocycles. The number of aldehydes is 1. The lowest BCUT2D eigenvalue weighted by atomic mass is 9.98. The molecule has 1 aliphatic carbocycles. The van der Waals surface area contributed by atoms with Crippen LogP contribution >= 0.6 is 0 Å². The maximum atomic E-state index is 10.5. The van der Waals surface area contributed by atoms with Crippen LogP contribution in [0.4, 0.5) is 0 Å². The average molecular weight is 159 g/mol. The van der Waals surface area contributed by atoms with Gasteiger partial charge in [0.1, 0.15) is 6.29 Å². The topological polar surface area (TPSA) is 29.4 Å². The van der Waals surface area contributed by atoms with Crippen molar-refractivity contribution in [2.45, 2.75) is 6.42 Å². The highest BCUT2D eigenvalue weighted by atomic mass is 16.1. The fourth-order valence-electron chi connectivity index (χ4n) is 1.45. The van der Waals surface area contributed by atoms with Gasteiger partial charge in [0.2, 0.25) is 0 Å². The number of carbonyl (C=O) groups excluding carboxylic acids is 1. The minimum Gasteiger partial charge on any atom is -0.298 e. The second kappa shape index (κ2) is 2.89. The minimum absolute atomic E-state index is 0.320. The van der Waals surface area contributed by atoms with Crippen molar-refractivity contribution in [1.29, 1.82) is 0 Å². The van der Waals surface area contributed by atoms with E-state index in [2.05, 4.69) is 4.99 Å². The van der Waals surface area contributed by atoms with Crippen LogP contribution in [0.3, 0.4) is 0 Å². The van der Waals surface area contributed by atoms with Crippen LogP contribution in [0.2, 0.25) is 0 Å². The van der Waals surface area contributed by atoms with Gasteiger partial charge in [-0.3, -0.25) is 9.79 Å². The van der Waals surface area contributed by atoms with Crippen LogP contribution in [-0.4, -0.2) is 12.0 Å². The standard InChI is InChI=1S/C10H9NO/c12-7-8-2-1-3-10-9(6-8)4-5-11-10/h1-5,7,9H,6H2. The lowest BCUT2D eigenvalue weighted by molar-refractivity contribution is -0.105. The van der Waals surface area contributed by atoms with Gasteiger partial charge in [-0.15, -0.1) is 0 Å². The summed E-state index contributed by atoms with van der Waals surface area (Å²) in [5.41, 5.74) is 1.90. The number of nitrogens with zero attached hydrogens (tertiary/aromatic N) is 1. The van der Waals surface area contributed by atoms with Crippen molar-refractivity contribution in [3.05, 3.63) is 36.1 Å². The number of fused-ring (bicyclic) bond motifs is 1. The zero-order chi connectivity index (χ0) is 8.39. The summed E-state index contributed by atoms with van der Waals surface area (Å²) >= 11 is 0. The van der Waals surface area contributed by atoms with Crippen molar-refractivity contribution in [3.63, 3.8) is 0 Å². The maximum absolute atomic E-state index is 10.5. The molecule has 0 radical (unpaired) electrons. The van der Waals surface area contributed by atoms with Gasteiger partial charge in [-0.25, -0.2) is 0 Å². The van der Waals surface area contributed by atoms with Crippen LogP contribution in [0.1, 0.15) is 6.42 Å². The van der Waals surface area contributed by atoms with Crippen molar-refractivity contribution < 1.29 is 4.79 Å². The van der Waals surface area contributed by atoms with E-state index in [1.165, 1.54) is 0 Å². The monoisotopic (exact) mass is 159 g/mol. The number of aliphatic imine (C=N–C) groups is 1. The van der Waals surface area contributed by atoms with Crippen molar-refractivity contribution in [2.75, 3.05) is 0 Å². The van der Waals surface area contributed by atoms with E-state index >= 15 is 0 Å². The predicted octanol–water partition coefficient (Wildman–Crippen LogP) is 1.66. The summed E-state index contributed by atoms with van der Waals surface area (Å²) in [4.78, 5) is 14.7. The summed E-state index contributed by atoms with van der Waals surface area (Å²) in [6.45, 7) is 0. The molecule has 1 heterocycles. The van der Waals surface area contributed by atoms with Crippen molar-refractivity contribution >= 4 is 12.0 Å². The third kappa shape index (κ3) is 1.16. The van der Waals surface area contributed by atoms with Crippen LogP contribution in [0.25, 0.3) is 0 Å². The number of carbonyl (C=O) groups is 1. The summed E-state index contributed by atoms with van der Waals surface area (Å²) in [6, 6.07) is 0. The first kappa shape index (κ1) is 7.22. The van der Waals surface area contributed by atoms with E-state index in [-0.39, 0.29) is 0 Å². The first-order valence-electron chi connectivity index (χ1n) is 3.97. The summed E-state index contributed by atoms with van der Waals surface area (Å²) < 4.78 is 0. The Morgan fingerprint density at radius 2 is 2.50 bits per heavy atom. The number of hydrogen-bond donors (Lipinski definition) is 0. The number of rotatable bonds is 1. The van der Waals surface area contributed by atoms with Crippen LogP contribution in [0.15, 0.2) is 41.1 Å². The van der Waals surface area contributed by atoms with E-state index < -0.39 is 0 Å². The summed E-state index contributed by atoms with van der Waals surface area (Å²) in [5, 5.41) is 0. The van der Waals surface area contributed by atoms with Crippen LogP contribution in [-0.2, 0) is 4.79 Å². The van der Waals surface area contributed by atoms with Crippen LogP contribution in [0, 0.1) is 5.92 Å². The molecule has 12 heavy (non-hydrogen) atoms. The molecule has 0 spiro atoms. The molecule has 0 fully saturated rings. The quantitative estimate of drug-likeness (QED) is 0.535. The second-order valence-electron chi connectivity index (χ2n) is 2.92. The molecule has 1 aliphatic heterocycles. The van der Waals surface area contributed by atoms with E-state index in [9.17, 15) is 4.79 Å². The Hall–Kier alpha value is -1.44. The molecule has 0 bridgehead atoms. The van der Waals surface area contributed by atoms with Gasteiger partial charge in [-0.05, 0) is 18.1 Å². The molecule has 1 atom stereocenters. The zero-order valence-corrected chi connectivity index (χ0v) is 6.60. The van der Waals surface area contributed by atoms with Gasteiger partial charge >= 0.3 is 0 Å². The number of hydrogen-bond acceptors (Lipinski definition) is 2. The van der Waals surface area contributed by atoms with Crippen LogP contribution < -0.4 is 0 Å². The fraction of sp³-hybridized carbons (Fsp3) is 0.200. The molecule has 2 aliphatic rings. The summed E-state index contributed by atoms with van der Waals surface area (Å²) in [6.07, 6.45) is 11.2. The lowest BCUT2D eigenvalue weighted by Crippen LogP contribution is -2.06. The molecule has 0 aromatic carbocycles. The lowest BCUT2D eigenvalue weighted by Gasteiger charge is -2.05. The van der Waals surface area contributed by atoms with E-state index in [4.69, 9.17) is 0 Å². The first-order valence-corrected chi connectivity index (χ1v) is 3.97. The molecule has 0 amide bonds. The summed E-state index contributed by atoms with van der Waals surface area (Å²) in [5.74, 6) is 0.320. The van der Waals surface area contributed by atoms with Gasteiger partial charge in [-0.1, -0.05) is 18.2 Å². The Balaban J connectivity index is 2.27. The normalized spacial score (nSPS) is 25.8. The average Bonchev–Trinajstić information content (AvgIpc) is 2.43. The fourth-order valence-corrected chi connectivity index (χ4v) is 1.45. The zero-order valence-electron chi connectivity index (χ0n) is 6.60. The van der Waals surface area contributed by atoms with Gasteiger partial charge in [0, 0.05) is 17.8 Å².